The maximum atomic E-state index is 12.1. The molecular weight excluding hydrogens is 202 g/mol. The van der Waals surface area contributed by atoms with Gasteiger partial charge in [-0.3, -0.25) is 4.79 Å². The summed E-state index contributed by atoms with van der Waals surface area (Å²) in [4.78, 5) is 13.6. The minimum atomic E-state index is -0.0680. The molecule has 2 rings (SSSR count). The van der Waals surface area contributed by atoms with E-state index in [-0.39, 0.29) is 5.91 Å². The van der Waals surface area contributed by atoms with Crippen LogP contribution >= 0.6 is 0 Å². The number of anilines is 1. The van der Waals surface area contributed by atoms with Crippen molar-refractivity contribution in [3.63, 3.8) is 0 Å². The number of amides is 1. The number of aromatic nitrogens is 1. The molecule has 84 valence electrons. The Morgan fingerprint density at radius 2 is 2.44 bits per heavy atom. The zero-order valence-corrected chi connectivity index (χ0v) is 9.31. The molecule has 16 heavy (non-hydrogen) atoms. The van der Waals surface area contributed by atoms with Crippen LogP contribution in [-0.4, -0.2) is 29.0 Å². The zero-order valence-electron chi connectivity index (χ0n) is 9.31. The van der Waals surface area contributed by atoms with Gasteiger partial charge in [0, 0.05) is 19.3 Å². The molecule has 0 saturated heterocycles. The fourth-order valence-corrected chi connectivity index (χ4v) is 1.73. The molecule has 0 bridgehead atoms. The standard InChI is InChI=1S/C12H15N3O/c1-3-6-14(2)12(16)11-7-9(13)8-15(11)10-4-5-10/h1,7-8,10H,4-6,13H2,2H3. The first-order valence-electron chi connectivity index (χ1n) is 5.29. The van der Waals surface area contributed by atoms with Crippen LogP contribution in [0.4, 0.5) is 5.69 Å². The highest BCUT2D eigenvalue weighted by Gasteiger charge is 2.28. The highest BCUT2D eigenvalue weighted by molar-refractivity contribution is 5.94. The average Bonchev–Trinajstić information content (AvgIpc) is 3.01. The van der Waals surface area contributed by atoms with Gasteiger partial charge in [0.2, 0.25) is 0 Å². The van der Waals surface area contributed by atoms with Gasteiger partial charge in [0.15, 0.2) is 0 Å². The molecule has 2 N–H and O–H groups in total. The summed E-state index contributed by atoms with van der Waals surface area (Å²) in [6.45, 7) is 0.314. The van der Waals surface area contributed by atoms with Crippen LogP contribution < -0.4 is 5.73 Å². The Morgan fingerprint density at radius 3 is 3.00 bits per heavy atom. The third-order valence-corrected chi connectivity index (χ3v) is 2.70. The Hall–Kier alpha value is -1.89. The van der Waals surface area contributed by atoms with Gasteiger partial charge in [-0.1, -0.05) is 5.92 Å². The fraction of sp³-hybridized carbons (Fsp3) is 0.417. The summed E-state index contributed by atoms with van der Waals surface area (Å²) in [5.74, 6) is 2.39. The predicted octanol–water partition coefficient (Wildman–Crippen LogP) is 1.11. The van der Waals surface area contributed by atoms with Gasteiger partial charge in [0.1, 0.15) is 5.69 Å². The summed E-state index contributed by atoms with van der Waals surface area (Å²) in [6, 6.07) is 2.16. The summed E-state index contributed by atoms with van der Waals surface area (Å²) < 4.78 is 1.96. The fourth-order valence-electron chi connectivity index (χ4n) is 1.73. The third-order valence-electron chi connectivity index (χ3n) is 2.70. The first kappa shape index (κ1) is 10.6. The molecule has 0 aliphatic heterocycles. The van der Waals surface area contributed by atoms with Crippen molar-refractivity contribution in [2.24, 2.45) is 0 Å². The monoisotopic (exact) mass is 217 g/mol. The maximum absolute atomic E-state index is 12.1. The molecule has 1 heterocycles. The highest BCUT2D eigenvalue weighted by Crippen LogP contribution is 2.37. The smallest absolute Gasteiger partial charge is 0.271 e. The van der Waals surface area contributed by atoms with Gasteiger partial charge in [0.05, 0.1) is 12.2 Å². The normalized spacial score (nSPS) is 14.5. The molecule has 0 aromatic carbocycles. The van der Waals surface area contributed by atoms with Gasteiger partial charge in [-0.05, 0) is 18.9 Å². The summed E-state index contributed by atoms with van der Waals surface area (Å²) in [5.41, 5.74) is 6.99. The number of rotatable bonds is 3. The lowest BCUT2D eigenvalue weighted by Crippen LogP contribution is -2.28. The lowest BCUT2D eigenvalue weighted by Gasteiger charge is -2.15. The van der Waals surface area contributed by atoms with Gasteiger partial charge in [-0.15, -0.1) is 6.42 Å². The van der Waals surface area contributed by atoms with E-state index in [0.29, 0.717) is 24.0 Å². The van der Waals surface area contributed by atoms with E-state index >= 15 is 0 Å². The number of hydrogen-bond acceptors (Lipinski definition) is 2. The molecule has 1 aliphatic carbocycles. The lowest BCUT2D eigenvalue weighted by molar-refractivity contribution is 0.0802. The topological polar surface area (TPSA) is 51.3 Å². The van der Waals surface area contributed by atoms with Gasteiger partial charge >= 0.3 is 0 Å². The van der Waals surface area contributed by atoms with E-state index in [1.54, 1.807) is 13.1 Å². The van der Waals surface area contributed by atoms with Crippen LogP contribution in [0.25, 0.3) is 0 Å². The molecule has 0 atom stereocenters. The minimum absolute atomic E-state index is 0.0680. The first-order chi connectivity index (χ1) is 7.63. The van der Waals surface area contributed by atoms with E-state index in [0.717, 1.165) is 12.8 Å². The molecule has 0 radical (unpaired) electrons. The van der Waals surface area contributed by atoms with Crippen molar-refractivity contribution in [1.29, 1.82) is 0 Å². The third kappa shape index (κ3) is 1.89. The molecule has 1 aromatic heterocycles. The van der Waals surface area contributed by atoms with E-state index < -0.39 is 0 Å². The zero-order chi connectivity index (χ0) is 11.7. The van der Waals surface area contributed by atoms with Gasteiger partial charge in [0.25, 0.3) is 5.91 Å². The second-order valence-electron chi connectivity index (χ2n) is 4.16. The first-order valence-corrected chi connectivity index (χ1v) is 5.29. The van der Waals surface area contributed by atoms with Crippen LogP contribution in [0, 0.1) is 12.3 Å². The molecule has 4 nitrogen and oxygen atoms in total. The Kier molecular flexibility index (Phi) is 2.61. The minimum Gasteiger partial charge on any atom is -0.397 e. The van der Waals surface area contributed by atoms with Crippen molar-refractivity contribution in [3.05, 3.63) is 18.0 Å². The maximum Gasteiger partial charge on any atom is 0.271 e. The molecule has 1 amide bonds. The molecule has 1 saturated carbocycles. The number of terminal acetylenes is 1. The van der Waals surface area contributed by atoms with Gasteiger partial charge < -0.3 is 15.2 Å². The molecule has 4 heteroatoms. The Bertz CT molecular complexity index is 451. The van der Waals surface area contributed by atoms with Gasteiger partial charge in [-0.25, -0.2) is 0 Å². The van der Waals surface area contributed by atoms with Crippen LogP contribution in [0.2, 0.25) is 0 Å². The second kappa shape index (κ2) is 3.93. The van der Waals surface area contributed by atoms with E-state index in [1.165, 1.54) is 4.90 Å². The predicted molar refractivity (Wildman–Crippen MR) is 62.9 cm³/mol. The van der Waals surface area contributed by atoms with Gasteiger partial charge in [-0.2, -0.15) is 0 Å². The number of carbonyl (C=O) groups is 1. The van der Waals surface area contributed by atoms with Crippen LogP contribution in [0.3, 0.4) is 0 Å². The lowest BCUT2D eigenvalue weighted by atomic mass is 10.3. The van der Waals surface area contributed by atoms with E-state index in [4.69, 9.17) is 12.2 Å². The van der Waals surface area contributed by atoms with Crippen LogP contribution in [-0.2, 0) is 0 Å². The molecule has 0 spiro atoms. The van der Waals surface area contributed by atoms with E-state index in [1.807, 2.05) is 10.8 Å². The van der Waals surface area contributed by atoms with Crippen molar-refractivity contribution in [3.8, 4) is 12.3 Å². The second-order valence-corrected chi connectivity index (χ2v) is 4.16. The van der Waals surface area contributed by atoms with Crippen molar-refractivity contribution in [2.75, 3.05) is 19.3 Å². The summed E-state index contributed by atoms with van der Waals surface area (Å²) in [7, 11) is 1.70. The van der Waals surface area contributed by atoms with Crippen molar-refractivity contribution < 1.29 is 4.79 Å². The van der Waals surface area contributed by atoms with Crippen LogP contribution in [0.5, 0.6) is 0 Å². The summed E-state index contributed by atoms with van der Waals surface area (Å²) in [5, 5.41) is 0. The molecule has 1 aliphatic rings. The largest absolute Gasteiger partial charge is 0.397 e. The summed E-state index contributed by atoms with van der Waals surface area (Å²) >= 11 is 0. The molecule has 0 unspecified atom stereocenters. The number of nitrogens with zero attached hydrogens (tertiary/aromatic N) is 2. The highest BCUT2D eigenvalue weighted by atomic mass is 16.2. The number of nitrogens with two attached hydrogens (primary N) is 1. The van der Waals surface area contributed by atoms with Crippen molar-refractivity contribution in [1.82, 2.24) is 9.47 Å². The van der Waals surface area contributed by atoms with E-state index in [9.17, 15) is 4.79 Å². The number of carbonyl (C=O) groups excluding carboxylic acids is 1. The quantitative estimate of drug-likeness (QED) is 0.771. The SMILES string of the molecule is C#CCN(C)C(=O)c1cc(N)cn1C1CC1. The van der Waals surface area contributed by atoms with Crippen molar-refractivity contribution >= 4 is 11.6 Å². The molecule has 1 fully saturated rings. The number of hydrogen-bond donors (Lipinski definition) is 1. The summed E-state index contributed by atoms with van der Waals surface area (Å²) in [6.07, 6.45) is 9.25. The van der Waals surface area contributed by atoms with E-state index in [2.05, 4.69) is 5.92 Å². The number of nitrogen functional groups attached to an aromatic ring is 1. The molecular formula is C12H15N3O. The Labute approximate surface area is 95.0 Å². The average molecular weight is 217 g/mol. The molecule has 1 aromatic rings. The Balaban J connectivity index is 2.25. The van der Waals surface area contributed by atoms with Crippen LogP contribution in [0.15, 0.2) is 12.3 Å². The van der Waals surface area contributed by atoms with Crippen LogP contribution in [0.1, 0.15) is 29.4 Å². The van der Waals surface area contributed by atoms with Crippen molar-refractivity contribution in [2.45, 2.75) is 18.9 Å². The Morgan fingerprint density at radius 1 is 1.75 bits per heavy atom.